The van der Waals surface area contributed by atoms with E-state index in [0.29, 0.717) is 0 Å². The molecule has 2 aliphatic rings. The maximum Gasteiger partial charge on any atom is 0.320 e. The minimum absolute atomic E-state index is 0.190. The van der Waals surface area contributed by atoms with Crippen LogP contribution in [0.5, 0.6) is 0 Å². The number of hydrogen-bond acceptors (Lipinski definition) is 4. The molecule has 0 spiro atoms. The lowest BCUT2D eigenvalue weighted by molar-refractivity contribution is 0.108. The van der Waals surface area contributed by atoms with Gasteiger partial charge in [-0.2, -0.15) is 0 Å². The Bertz CT molecular complexity index is 723. The van der Waals surface area contributed by atoms with Crippen molar-refractivity contribution in [2.45, 2.75) is 6.54 Å². The van der Waals surface area contributed by atoms with Crippen LogP contribution < -0.4 is 4.90 Å². The number of piperazine rings is 2. The van der Waals surface area contributed by atoms with Crippen LogP contribution in [0.1, 0.15) is 5.56 Å². The fraction of sp³-hybridized carbons (Fsp3) is 0.429. The van der Waals surface area contributed by atoms with Gasteiger partial charge in [-0.15, -0.1) is 0 Å². The molecule has 0 N–H and O–H groups in total. The lowest BCUT2D eigenvalue weighted by Crippen LogP contribution is -2.56. The molecule has 0 bridgehead atoms. The molecule has 0 atom stereocenters. The molecule has 1 aromatic heterocycles. The normalized spacial score (nSPS) is 18.6. The first-order valence-corrected chi connectivity index (χ1v) is 9.76. The molecule has 142 valence electrons. The summed E-state index contributed by atoms with van der Waals surface area (Å²) < 4.78 is 0. The van der Waals surface area contributed by atoms with Crippen molar-refractivity contribution in [1.29, 1.82) is 0 Å². The number of urea groups is 1. The molecule has 2 fully saturated rings. The van der Waals surface area contributed by atoms with E-state index >= 15 is 0 Å². The summed E-state index contributed by atoms with van der Waals surface area (Å²) in [6.07, 6.45) is 1.82. The molecule has 4 rings (SSSR count). The molecule has 0 unspecified atom stereocenters. The van der Waals surface area contributed by atoms with Gasteiger partial charge in [0.2, 0.25) is 0 Å². The van der Waals surface area contributed by atoms with E-state index in [-0.39, 0.29) is 6.03 Å². The molecule has 27 heavy (non-hydrogen) atoms. The van der Waals surface area contributed by atoms with E-state index < -0.39 is 0 Å². The van der Waals surface area contributed by atoms with Crippen LogP contribution >= 0.6 is 0 Å². The average molecular weight is 365 g/mol. The molecule has 6 heteroatoms. The monoisotopic (exact) mass is 365 g/mol. The summed E-state index contributed by atoms with van der Waals surface area (Å²) in [5.41, 5.74) is 1.34. The van der Waals surface area contributed by atoms with Crippen LogP contribution in [0.2, 0.25) is 0 Å². The number of pyridine rings is 1. The molecule has 1 aromatic carbocycles. The summed E-state index contributed by atoms with van der Waals surface area (Å²) in [5, 5.41) is 0. The number of benzene rings is 1. The Hall–Kier alpha value is -2.60. The van der Waals surface area contributed by atoms with E-state index in [1.165, 1.54) is 5.56 Å². The topological polar surface area (TPSA) is 42.9 Å². The minimum Gasteiger partial charge on any atom is -0.353 e. The van der Waals surface area contributed by atoms with Crippen molar-refractivity contribution in [2.24, 2.45) is 0 Å². The van der Waals surface area contributed by atoms with Gasteiger partial charge in [0.1, 0.15) is 5.82 Å². The van der Waals surface area contributed by atoms with Gasteiger partial charge < -0.3 is 14.7 Å². The van der Waals surface area contributed by atoms with E-state index in [2.05, 4.69) is 39.0 Å². The Morgan fingerprint density at radius 1 is 0.778 bits per heavy atom. The fourth-order valence-electron chi connectivity index (χ4n) is 3.81. The first-order chi connectivity index (χ1) is 13.3. The highest BCUT2D eigenvalue weighted by molar-refractivity contribution is 5.75. The zero-order chi connectivity index (χ0) is 18.5. The van der Waals surface area contributed by atoms with E-state index in [1.807, 2.05) is 40.3 Å². The van der Waals surface area contributed by atoms with Crippen molar-refractivity contribution >= 4 is 11.8 Å². The lowest BCUT2D eigenvalue weighted by atomic mass is 10.2. The third kappa shape index (κ3) is 4.39. The molecule has 0 radical (unpaired) electrons. The SMILES string of the molecule is O=C(N1CCN(Cc2ccccc2)CC1)N1CCN(c2ccccn2)CC1. The van der Waals surface area contributed by atoms with Crippen LogP contribution in [0, 0.1) is 0 Å². The molecule has 2 saturated heterocycles. The van der Waals surface area contributed by atoms with Crippen LogP contribution in [0.15, 0.2) is 54.7 Å². The highest BCUT2D eigenvalue weighted by Gasteiger charge is 2.28. The van der Waals surface area contributed by atoms with Crippen LogP contribution in [0.4, 0.5) is 10.6 Å². The Balaban J connectivity index is 1.24. The molecule has 2 amide bonds. The Labute approximate surface area is 161 Å². The van der Waals surface area contributed by atoms with Crippen molar-refractivity contribution < 1.29 is 4.79 Å². The number of nitrogens with zero attached hydrogens (tertiary/aromatic N) is 5. The summed E-state index contributed by atoms with van der Waals surface area (Å²) in [4.78, 5) is 26.0. The van der Waals surface area contributed by atoms with Gasteiger partial charge in [0.25, 0.3) is 0 Å². The molecular weight excluding hydrogens is 338 g/mol. The summed E-state index contributed by atoms with van der Waals surface area (Å²) in [5.74, 6) is 0.999. The van der Waals surface area contributed by atoms with Gasteiger partial charge in [-0.05, 0) is 17.7 Å². The van der Waals surface area contributed by atoms with Gasteiger partial charge in [0.05, 0.1) is 0 Å². The summed E-state index contributed by atoms with van der Waals surface area (Å²) in [7, 11) is 0. The third-order valence-electron chi connectivity index (χ3n) is 5.42. The minimum atomic E-state index is 0.190. The zero-order valence-corrected chi connectivity index (χ0v) is 15.7. The van der Waals surface area contributed by atoms with Crippen LogP contribution in [-0.4, -0.2) is 78.1 Å². The van der Waals surface area contributed by atoms with Gasteiger partial charge >= 0.3 is 6.03 Å². The smallest absolute Gasteiger partial charge is 0.320 e. The largest absolute Gasteiger partial charge is 0.353 e. The molecule has 0 aliphatic carbocycles. The van der Waals surface area contributed by atoms with Crippen molar-refractivity contribution in [2.75, 3.05) is 57.3 Å². The van der Waals surface area contributed by atoms with Crippen molar-refractivity contribution in [3.05, 3.63) is 60.3 Å². The fourth-order valence-corrected chi connectivity index (χ4v) is 3.81. The number of rotatable bonds is 3. The standard InChI is InChI=1S/C21H27N5O/c27-21(26-16-14-24(15-17-26)20-8-4-5-9-22-20)25-12-10-23(11-13-25)18-19-6-2-1-3-7-19/h1-9H,10-18H2. The molecule has 2 aromatic rings. The van der Waals surface area contributed by atoms with Crippen molar-refractivity contribution in [1.82, 2.24) is 19.7 Å². The van der Waals surface area contributed by atoms with E-state index in [1.54, 1.807) is 0 Å². The number of hydrogen-bond donors (Lipinski definition) is 0. The average Bonchev–Trinajstić information content (AvgIpc) is 2.75. The number of carbonyl (C=O) groups excluding carboxylic acids is 1. The van der Waals surface area contributed by atoms with Gasteiger partial charge in [0, 0.05) is 65.1 Å². The zero-order valence-electron chi connectivity index (χ0n) is 15.7. The maximum absolute atomic E-state index is 12.9. The number of amides is 2. The third-order valence-corrected chi connectivity index (χ3v) is 5.42. The highest BCUT2D eigenvalue weighted by atomic mass is 16.2. The van der Waals surface area contributed by atoms with E-state index in [9.17, 15) is 4.79 Å². The van der Waals surface area contributed by atoms with Crippen LogP contribution in [0.25, 0.3) is 0 Å². The van der Waals surface area contributed by atoms with Gasteiger partial charge in [-0.1, -0.05) is 36.4 Å². The number of aromatic nitrogens is 1. The highest BCUT2D eigenvalue weighted by Crippen LogP contribution is 2.15. The Morgan fingerprint density at radius 2 is 1.41 bits per heavy atom. The Kier molecular flexibility index (Phi) is 5.53. The second-order valence-electron chi connectivity index (χ2n) is 7.19. The maximum atomic E-state index is 12.9. The number of anilines is 1. The predicted octanol–water partition coefficient (Wildman–Crippen LogP) is 2.14. The first-order valence-electron chi connectivity index (χ1n) is 9.76. The first kappa shape index (κ1) is 17.8. The van der Waals surface area contributed by atoms with Crippen molar-refractivity contribution in [3.8, 4) is 0 Å². The molecule has 6 nitrogen and oxygen atoms in total. The van der Waals surface area contributed by atoms with E-state index in [4.69, 9.17) is 0 Å². The van der Waals surface area contributed by atoms with E-state index in [0.717, 1.165) is 64.7 Å². The molecular formula is C21H27N5O. The molecule has 2 aliphatic heterocycles. The van der Waals surface area contributed by atoms with Gasteiger partial charge in [-0.25, -0.2) is 9.78 Å². The molecule has 3 heterocycles. The summed E-state index contributed by atoms with van der Waals surface area (Å²) in [6, 6.07) is 16.7. The second kappa shape index (κ2) is 8.39. The molecule has 0 saturated carbocycles. The predicted molar refractivity (Wildman–Crippen MR) is 107 cm³/mol. The lowest BCUT2D eigenvalue weighted by Gasteiger charge is -2.40. The van der Waals surface area contributed by atoms with Crippen LogP contribution in [0.3, 0.4) is 0 Å². The number of carbonyl (C=O) groups is 1. The quantitative estimate of drug-likeness (QED) is 0.836. The van der Waals surface area contributed by atoms with Gasteiger partial charge in [-0.3, -0.25) is 4.90 Å². The Morgan fingerprint density at radius 3 is 2.04 bits per heavy atom. The van der Waals surface area contributed by atoms with Crippen molar-refractivity contribution in [3.63, 3.8) is 0 Å². The summed E-state index contributed by atoms with van der Waals surface area (Å²) >= 11 is 0. The summed E-state index contributed by atoms with van der Waals surface area (Å²) in [6.45, 7) is 7.68. The van der Waals surface area contributed by atoms with Crippen LogP contribution in [-0.2, 0) is 6.54 Å². The second-order valence-corrected chi connectivity index (χ2v) is 7.19. The van der Waals surface area contributed by atoms with Gasteiger partial charge in [0.15, 0.2) is 0 Å².